The second-order valence-electron chi connectivity index (χ2n) is 3.82. The fourth-order valence-electron chi connectivity index (χ4n) is 0.645. The van der Waals surface area contributed by atoms with Crippen molar-refractivity contribution in [1.29, 1.82) is 0 Å². The lowest BCUT2D eigenvalue weighted by Crippen LogP contribution is -2.17. The van der Waals surface area contributed by atoms with Crippen molar-refractivity contribution in [3.63, 3.8) is 0 Å². The fraction of sp³-hybridized carbons (Fsp3) is 0.778. The van der Waals surface area contributed by atoms with Crippen LogP contribution in [0.5, 0.6) is 0 Å². The zero-order valence-electron chi connectivity index (χ0n) is 7.94. The Kier molecular flexibility index (Phi) is 4.47. The SMILES string of the molecule is CCCC(O)C#C[Si](C)(C)C. The van der Waals surface area contributed by atoms with Gasteiger partial charge >= 0.3 is 0 Å². The van der Waals surface area contributed by atoms with Crippen LogP contribution in [-0.2, 0) is 0 Å². The van der Waals surface area contributed by atoms with Crippen molar-refractivity contribution in [1.82, 2.24) is 0 Å². The van der Waals surface area contributed by atoms with Crippen LogP contribution >= 0.6 is 0 Å². The van der Waals surface area contributed by atoms with Crippen LogP contribution in [0.25, 0.3) is 0 Å². The van der Waals surface area contributed by atoms with Crippen molar-refractivity contribution >= 4 is 8.07 Å². The van der Waals surface area contributed by atoms with Crippen molar-refractivity contribution in [2.75, 3.05) is 0 Å². The molecule has 0 amide bonds. The van der Waals surface area contributed by atoms with Gasteiger partial charge in [-0.05, 0) is 6.42 Å². The van der Waals surface area contributed by atoms with E-state index in [1.54, 1.807) is 0 Å². The van der Waals surface area contributed by atoms with E-state index >= 15 is 0 Å². The van der Waals surface area contributed by atoms with E-state index < -0.39 is 14.2 Å². The quantitative estimate of drug-likeness (QED) is 0.496. The summed E-state index contributed by atoms with van der Waals surface area (Å²) in [4.78, 5) is 0. The minimum absolute atomic E-state index is 0.397. The second kappa shape index (κ2) is 4.58. The molecule has 0 saturated heterocycles. The molecule has 1 atom stereocenters. The molecule has 1 unspecified atom stereocenters. The van der Waals surface area contributed by atoms with Gasteiger partial charge in [-0.25, -0.2) is 0 Å². The van der Waals surface area contributed by atoms with Crippen molar-refractivity contribution in [2.45, 2.75) is 45.5 Å². The van der Waals surface area contributed by atoms with E-state index in [0.717, 1.165) is 12.8 Å². The van der Waals surface area contributed by atoms with E-state index in [1.165, 1.54) is 0 Å². The van der Waals surface area contributed by atoms with Gasteiger partial charge in [0, 0.05) is 0 Å². The van der Waals surface area contributed by atoms with Crippen LogP contribution < -0.4 is 0 Å². The van der Waals surface area contributed by atoms with E-state index in [-0.39, 0.29) is 0 Å². The first-order chi connectivity index (χ1) is 4.95. The molecule has 0 saturated carbocycles. The molecule has 2 heteroatoms. The largest absolute Gasteiger partial charge is 0.380 e. The number of aliphatic hydroxyl groups is 1. The molecule has 0 aliphatic heterocycles. The van der Waals surface area contributed by atoms with Gasteiger partial charge in [-0.1, -0.05) is 38.9 Å². The normalized spacial score (nSPS) is 13.5. The summed E-state index contributed by atoms with van der Waals surface area (Å²) in [5, 5.41) is 9.26. The van der Waals surface area contributed by atoms with Crippen molar-refractivity contribution in [3.05, 3.63) is 0 Å². The minimum Gasteiger partial charge on any atom is -0.380 e. The van der Waals surface area contributed by atoms with Crippen molar-refractivity contribution in [3.8, 4) is 11.5 Å². The summed E-state index contributed by atoms with van der Waals surface area (Å²) < 4.78 is 0. The third-order valence-corrected chi connectivity index (χ3v) is 2.07. The molecule has 0 heterocycles. The van der Waals surface area contributed by atoms with Crippen LogP contribution in [0.3, 0.4) is 0 Å². The monoisotopic (exact) mass is 170 g/mol. The van der Waals surface area contributed by atoms with E-state index in [0.29, 0.717) is 0 Å². The standard InChI is InChI=1S/C9H18OSi/c1-5-6-9(10)7-8-11(2,3)4/h9-10H,5-6H2,1-4H3. The van der Waals surface area contributed by atoms with E-state index in [9.17, 15) is 5.11 Å². The molecule has 0 aliphatic carbocycles. The van der Waals surface area contributed by atoms with Gasteiger partial charge in [-0.3, -0.25) is 0 Å². The molecule has 0 rings (SSSR count). The molecule has 0 aromatic heterocycles. The fourth-order valence-corrected chi connectivity index (χ4v) is 1.25. The first-order valence-electron chi connectivity index (χ1n) is 4.16. The van der Waals surface area contributed by atoms with Gasteiger partial charge in [-0.15, -0.1) is 5.54 Å². The minimum atomic E-state index is -1.27. The number of hydrogen-bond donors (Lipinski definition) is 1. The number of aliphatic hydroxyl groups excluding tert-OH is 1. The molecule has 0 radical (unpaired) electrons. The molecule has 0 fully saturated rings. The maximum Gasteiger partial charge on any atom is 0.129 e. The summed E-state index contributed by atoms with van der Waals surface area (Å²) in [6.45, 7) is 8.59. The van der Waals surface area contributed by atoms with Gasteiger partial charge in [0.2, 0.25) is 0 Å². The van der Waals surface area contributed by atoms with Crippen LogP contribution in [-0.4, -0.2) is 19.3 Å². The molecule has 0 aliphatic rings. The molecule has 11 heavy (non-hydrogen) atoms. The van der Waals surface area contributed by atoms with Crippen LogP contribution in [0, 0.1) is 11.5 Å². The van der Waals surface area contributed by atoms with Gasteiger partial charge in [0.05, 0.1) is 0 Å². The topological polar surface area (TPSA) is 20.2 Å². The van der Waals surface area contributed by atoms with Crippen molar-refractivity contribution < 1.29 is 5.11 Å². The molecule has 0 aromatic carbocycles. The summed E-state index contributed by atoms with van der Waals surface area (Å²) in [5.74, 6) is 2.89. The highest BCUT2D eigenvalue weighted by Crippen LogP contribution is 1.99. The third-order valence-electron chi connectivity index (χ3n) is 1.18. The molecule has 0 bridgehead atoms. The molecule has 1 nitrogen and oxygen atoms in total. The highest BCUT2D eigenvalue weighted by atomic mass is 28.3. The number of rotatable bonds is 2. The maximum atomic E-state index is 9.26. The highest BCUT2D eigenvalue weighted by molar-refractivity contribution is 6.83. The molecule has 0 aromatic rings. The highest BCUT2D eigenvalue weighted by Gasteiger charge is 2.08. The average Bonchev–Trinajstić information content (AvgIpc) is 1.83. The zero-order chi connectivity index (χ0) is 8.91. The Labute approximate surface area is 70.8 Å². The lowest BCUT2D eigenvalue weighted by molar-refractivity contribution is 0.221. The van der Waals surface area contributed by atoms with E-state index in [1.807, 2.05) is 0 Å². The smallest absolute Gasteiger partial charge is 0.129 e. The number of hydrogen-bond acceptors (Lipinski definition) is 1. The van der Waals surface area contributed by atoms with E-state index in [2.05, 4.69) is 38.0 Å². The second-order valence-corrected chi connectivity index (χ2v) is 8.57. The predicted molar refractivity (Wildman–Crippen MR) is 52.0 cm³/mol. The van der Waals surface area contributed by atoms with Gasteiger partial charge in [0.15, 0.2) is 0 Å². The summed E-state index contributed by atoms with van der Waals surface area (Å²) in [6.07, 6.45) is 1.41. The summed E-state index contributed by atoms with van der Waals surface area (Å²) in [6, 6.07) is 0. The Morgan fingerprint density at radius 2 is 1.91 bits per heavy atom. The Balaban J connectivity index is 3.87. The maximum absolute atomic E-state index is 9.26. The Morgan fingerprint density at radius 3 is 2.27 bits per heavy atom. The Bertz CT molecular complexity index is 159. The van der Waals surface area contributed by atoms with Crippen LogP contribution in [0.2, 0.25) is 19.6 Å². The zero-order valence-corrected chi connectivity index (χ0v) is 8.94. The molecule has 0 spiro atoms. The molecule has 1 N–H and O–H groups in total. The predicted octanol–water partition coefficient (Wildman–Crippen LogP) is 2.03. The van der Waals surface area contributed by atoms with Crippen LogP contribution in [0.1, 0.15) is 19.8 Å². The van der Waals surface area contributed by atoms with Gasteiger partial charge in [0.1, 0.15) is 14.2 Å². The van der Waals surface area contributed by atoms with Crippen molar-refractivity contribution in [2.24, 2.45) is 0 Å². The van der Waals surface area contributed by atoms with Crippen LogP contribution in [0.15, 0.2) is 0 Å². The third kappa shape index (κ3) is 7.64. The summed E-state index contributed by atoms with van der Waals surface area (Å²) >= 11 is 0. The van der Waals surface area contributed by atoms with Gasteiger partial charge < -0.3 is 5.11 Å². The van der Waals surface area contributed by atoms with E-state index in [4.69, 9.17) is 0 Å². The lowest BCUT2D eigenvalue weighted by Gasteiger charge is -2.05. The summed E-state index contributed by atoms with van der Waals surface area (Å²) in [5.41, 5.74) is 3.15. The molecular weight excluding hydrogens is 152 g/mol. The summed E-state index contributed by atoms with van der Waals surface area (Å²) in [7, 11) is -1.27. The lowest BCUT2D eigenvalue weighted by atomic mass is 10.2. The molecular formula is C9H18OSi. The first-order valence-corrected chi connectivity index (χ1v) is 7.66. The van der Waals surface area contributed by atoms with Crippen LogP contribution in [0.4, 0.5) is 0 Å². The Morgan fingerprint density at radius 1 is 1.36 bits per heavy atom. The first kappa shape index (κ1) is 10.7. The average molecular weight is 170 g/mol. The van der Waals surface area contributed by atoms with Gasteiger partial charge in [0.25, 0.3) is 0 Å². The molecule has 64 valence electrons. The van der Waals surface area contributed by atoms with Gasteiger partial charge in [-0.2, -0.15) is 0 Å². The Hall–Kier alpha value is -0.263.